The van der Waals surface area contributed by atoms with Gasteiger partial charge in [-0.3, -0.25) is 9.59 Å². The molecule has 21 heavy (non-hydrogen) atoms. The molecule has 1 aliphatic rings. The Morgan fingerprint density at radius 1 is 1.43 bits per heavy atom. The van der Waals surface area contributed by atoms with Gasteiger partial charge in [0.1, 0.15) is 0 Å². The van der Waals surface area contributed by atoms with E-state index in [4.69, 9.17) is 0 Å². The van der Waals surface area contributed by atoms with Gasteiger partial charge in [0, 0.05) is 26.1 Å². The monoisotopic (exact) mass is 298 g/mol. The first-order chi connectivity index (χ1) is 9.77. The molecule has 2 atom stereocenters. The van der Waals surface area contributed by atoms with E-state index in [0.717, 1.165) is 25.8 Å². The lowest BCUT2D eigenvalue weighted by Gasteiger charge is -2.33. The van der Waals surface area contributed by atoms with E-state index >= 15 is 0 Å². The maximum absolute atomic E-state index is 12.2. The molecule has 2 N–H and O–H groups in total. The van der Waals surface area contributed by atoms with Crippen molar-refractivity contribution in [2.24, 2.45) is 11.8 Å². The first-order valence-corrected chi connectivity index (χ1v) is 8.05. The molecule has 0 spiro atoms. The average molecular weight is 298 g/mol. The van der Waals surface area contributed by atoms with Gasteiger partial charge in [-0.2, -0.15) is 0 Å². The molecule has 1 fully saturated rings. The van der Waals surface area contributed by atoms with E-state index in [1.54, 1.807) is 11.8 Å². The van der Waals surface area contributed by atoms with Crippen LogP contribution < -0.4 is 5.32 Å². The van der Waals surface area contributed by atoms with Gasteiger partial charge in [-0.15, -0.1) is 0 Å². The van der Waals surface area contributed by atoms with Gasteiger partial charge in [-0.05, 0) is 32.1 Å². The van der Waals surface area contributed by atoms with E-state index < -0.39 is 5.60 Å². The fourth-order valence-corrected chi connectivity index (χ4v) is 2.40. The van der Waals surface area contributed by atoms with Crippen molar-refractivity contribution >= 4 is 11.8 Å². The van der Waals surface area contributed by atoms with Crippen molar-refractivity contribution in [1.29, 1.82) is 0 Å². The molecule has 1 aliphatic heterocycles. The van der Waals surface area contributed by atoms with Crippen molar-refractivity contribution in [3.8, 4) is 0 Å². The SMILES string of the molecule is CCCC(=O)N1CCCC(C(=O)NCC(C)(O)C(C)C)C1. The van der Waals surface area contributed by atoms with Crippen LogP contribution in [0, 0.1) is 11.8 Å². The van der Waals surface area contributed by atoms with E-state index in [1.807, 2.05) is 20.8 Å². The van der Waals surface area contributed by atoms with Gasteiger partial charge in [0.2, 0.25) is 11.8 Å². The molecule has 0 aromatic rings. The Balaban J connectivity index is 2.49. The number of hydrogen-bond donors (Lipinski definition) is 2. The normalized spacial score (nSPS) is 22.0. The fourth-order valence-electron chi connectivity index (χ4n) is 2.40. The Labute approximate surface area is 128 Å². The summed E-state index contributed by atoms with van der Waals surface area (Å²) < 4.78 is 0. The van der Waals surface area contributed by atoms with Crippen molar-refractivity contribution in [2.45, 2.75) is 59.0 Å². The standard InChI is InChI=1S/C16H30N2O3/c1-5-7-14(19)18-9-6-8-13(10-18)15(20)17-11-16(4,21)12(2)3/h12-13,21H,5-11H2,1-4H3,(H,17,20). The summed E-state index contributed by atoms with van der Waals surface area (Å²) in [5.74, 6) is 0.0170. The molecular formula is C16H30N2O3. The van der Waals surface area contributed by atoms with Crippen LogP contribution in [0.5, 0.6) is 0 Å². The average Bonchev–Trinajstić information content (AvgIpc) is 2.45. The minimum absolute atomic E-state index is 0.0510. The van der Waals surface area contributed by atoms with Crippen LogP contribution in [0.2, 0.25) is 0 Å². The summed E-state index contributed by atoms with van der Waals surface area (Å²) in [5, 5.41) is 13.0. The lowest BCUT2D eigenvalue weighted by Crippen LogP contribution is -2.49. The number of nitrogens with one attached hydrogen (secondary N) is 1. The molecule has 1 rings (SSSR count). The summed E-state index contributed by atoms with van der Waals surface area (Å²) in [4.78, 5) is 26.0. The molecule has 0 saturated carbocycles. The molecule has 5 heteroatoms. The minimum atomic E-state index is -0.901. The lowest BCUT2D eigenvalue weighted by molar-refractivity contribution is -0.136. The molecule has 0 radical (unpaired) electrons. The van der Waals surface area contributed by atoms with Crippen LogP contribution in [0.25, 0.3) is 0 Å². The van der Waals surface area contributed by atoms with Crippen LogP contribution >= 0.6 is 0 Å². The van der Waals surface area contributed by atoms with Gasteiger partial charge in [-0.1, -0.05) is 20.8 Å². The number of hydrogen-bond acceptors (Lipinski definition) is 3. The number of rotatable bonds is 6. The van der Waals surface area contributed by atoms with Crippen molar-refractivity contribution in [3.05, 3.63) is 0 Å². The van der Waals surface area contributed by atoms with E-state index in [-0.39, 0.29) is 30.2 Å². The highest BCUT2D eigenvalue weighted by Gasteiger charge is 2.30. The second-order valence-electron chi connectivity index (χ2n) is 6.66. The van der Waals surface area contributed by atoms with Gasteiger partial charge >= 0.3 is 0 Å². The van der Waals surface area contributed by atoms with Gasteiger partial charge in [-0.25, -0.2) is 0 Å². The number of carbonyl (C=O) groups excluding carboxylic acids is 2. The summed E-state index contributed by atoms with van der Waals surface area (Å²) in [5.41, 5.74) is -0.901. The Bertz CT molecular complexity index is 367. The van der Waals surface area contributed by atoms with Crippen molar-refractivity contribution in [1.82, 2.24) is 10.2 Å². The zero-order valence-corrected chi connectivity index (χ0v) is 13.8. The van der Waals surface area contributed by atoms with Gasteiger partial charge < -0.3 is 15.3 Å². The number of aliphatic hydroxyl groups is 1. The van der Waals surface area contributed by atoms with Crippen LogP contribution in [0.4, 0.5) is 0 Å². The van der Waals surface area contributed by atoms with Crippen molar-refractivity contribution in [3.63, 3.8) is 0 Å². The zero-order chi connectivity index (χ0) is 16.0. The highest BCUT2D eigenvalue weighted by Crippen LogP contribution is 2.19. The minimum Gasteiger partial charge on any atom is -0.388 e. The topological polar surface area (TPSA) is 69.6 Å². The lowest BCUT2D eigenvalue weighted by atomic mass is 9.91. The summed E-state index contributed by atoms with van der Waals surface area (Å²) in [6.45, 7) is 9.09. The third kappa shape index (κ3) is 5.30. The second kappa shape index (κ2) is 7.78. The first-order valence-electron chi connectivity index (χ1n) is 8.05. The number of carbonyl (C=O) groups is 2. The van der Waals surface area contributed by atoms with E-state index in [0.29, 0.717) is 13.0 Å². The molecule has 122 valence electrons. The first kappa shape index (κ1) is 18.0. The Morgan fingerprint density at radius 2 is 2.10 bits per heavy atom. The van der Waals surface area contributed by atoms with Crippen LogP contribution in [0.3, 0.4) is 0 Å². The molecule has 0 aromatic carbocycles. The highest BCUT2D eigenvalue weighted by molar-refractivity contribution is 5.81. The van der Waals surface area contributed by atoms with Gasteiger partial charge in [0.15, 0.2) is 0 Å². The molecule has 0 aromatic heterocycles. The number of nitrogens with zero attached hydrogens (tertiary/aromatic N) is 1. The van der Waals surface area contributed by atoms with Crippen molar-refractivity contribution < 1.29 is 14.7 Å². The van der Waals surface area contributed by atoms with Gasteiger partial charge in [0.25, 0.3) is 0 Å². The van der Waals surface area contributed by atoms with E-state index in [2.05, 4.69) is 5.32 Å². The smallest absolute Gasteiger partial charge is 0.225 e. The molecule has 0 aliphatic carbocycles. The Kier molecular flexibility index (Phi) is 6.65. The molecular weight excluding hydrogens is 268 g/mol. The van der Waals surface area contributed by atoms with Gasteiger partial charge in [0.05, 0.1) is 11.5 Å². The maximum Gasteiger partial charge on any atom is 0.225 e. The summed E-state index contributed by atoms with van der Waals surface area (Å²) in [7, 11) is 0. The predicted molar refractivity (Wildman–Crippen MR) is 82.7 cm³/mol. The quantitative estimate of drug-likeness (QED) is 0.781. The molecule has 0 bridgehead atoms. The summed E-state index contributed by atoms with van der Waals surface area (Å²) in [6.07, 6.45) is 3.07. The highest BCUT2D eigenvalue weighted by atomic mass is 16.3. The van der Waals surface area contributed by atoms with Crippen LogP contribution in [0.1, 0.15) is 53.4 Å². The third-order valence-electron chi connectivity index (χ3n) is 4.47. The zero-order valence-electron chi connectivity index (χ0n) is 13.8. The summed E-state index contributed by atoms with van der Waals surface area (Å²) >= 11 is 0. The number of likely N-dealkylation sites (tertiary alicyclic amines) is 1. The van der Waals surface area contributed by atoms with Crippen LogP contribution in [0.15, 0.2) is 0 Å². The summed E-state index contributed by atoms with van der Waals surface area (Å²) in [6, 6.07) is 0. The van der Waals surface area contributed by atoms with Crippen molar-refractivity contribution in [2.75, 3.05) is 19.6 Å². The fraction of sp³-hybridized carbons (Fsp3) is 0.875. The number of amides is 2. The van der Waals surface area contributed by atoms with E-state index in [9.17, 15) is 14.7 Å². The third-order valence-corrected chi connectivity index (χ3v) is 4.47. The van der Waals surface area contributed by atoms with E-state index in [1.165, 1.54) is 0 Å². The second-order valence-corrected chi connectivity index (χ2v) is 6.66. The molecule has 2 amide bonds. The number of piperidine rings is 1. The Morgan fingerprint density at radius 3 is 2.67 bits per heavy atom. The van der Waals surface area contributed by atoms with Crippen LogP contribution in [-0.2, 0) is 9.59 Å². The maximum atomic E-state index is 12.2. The molecule has 1 saturated heterocycles. The van der Waals surface area contributed by atoms with Crippen LogP contribution in [-0.4, -0.2) is 47.1 Å². The molecule has 2 unspecified atom stereocenters. The predicted octanol–water partition coefficient (Wildman–Crippen LogP) is 1.55. The Hall–Kier alpha value is -1.10. The molecule has 1 heterocycles. The largest absolute Gasteiger partial charge is 0.388 e. The molecule has 5 nitrogen and oxygen atoms in total.